The van der Waals surface area contributed by atoms with Crippen molar-refractivity contribution in [3.8, 4) is 0 Å². The van der Waals surface area contributed by atoms with Gasteiger partial charge >= 0.3 is 0 Å². The smallest absolute Gasteiger partial charge is 0.240 e. The molecular weight excluding hydrogens is 238 g/mol. The van der Waals surface area contributed by atoms with E-state index in [0.717, 1.165) is 25.6 Å². The first-order valence-corrected chi connectivity index (χ1v) is 7.81. The Morgan fingerprint density at radius 2 is 2.16 bits per heavy atom. The molecule has 4 nitrogen and oxygen atoms in total. The Labute approximate surface area is 117 Å². The summed E-state index contributed by atoms with van der Waals surface area (Å²) in [5.74, 6) is 1.12. The lowest BCUT2D eigenvalue weighted by molar-refractivity contribution is -0.136. The van der Waals surface area contributed by atoms with E-state index in [-0.39, 0.29) is 11.9 Å². The summed E-state index contributed by atoms with van der Waals surface area (Å²) in [7, 11) is 3.73. The number of hydrogen-bond donors (Lipinski definition) is 1. The normalized spacial score (nSPS) is 33.1. The number of carbonyl (C=O) groups excluding carboxylic acids is 1. The monoisotopic (exact) mass is 267 g/mol. The maximum atomic E-state index is 12.3. The number of hydrogen-bond acceptors (Lipinski definition) is 3. The van der Waals surface area contributed by atoms with E-state index >= 15 is 0 Å². The molecule has 3 atom stereocenters. The first-order valence-electron chi connectivity index (χ1n) is 7.81. The Balaban J connectivity index is 2.04. The van der Waals surface area contributed by atoms with Crippen molar-refractivity contribution in [2.75, 3.05) is 33.7 Å². The summed E-state index contributed by atoms with van der Waals surface area (Å²) in [6, 6.07) is 0.666. The Bertz CT molecular complexity index is 306. The van der Waals surface area contributed by atoms with Gasteiger partial charge in [-0.15, -0.1) is 0 Å². The zero-order valence-electron chi connectivity index (χ0n) is 12.7. The number of piperazine rings is 1. The third kappa shape index (κ3) is 3.48. The van der Waals surface area contributed by atoms with Gasteiger partial charge in [-0.3, -0.25) is 9.69 Å². The Hall–Kier alpha value is -0.610. The van der Waals surface area contributed by atoms with E-state index in [1.807, 2.05) is 14.1 Å². The van der Waals surface area contributed by atoms with Crippen molar-refractivity contribution in [2.45, 2.75) is 51.1 Å². The van der Waals surface area contributed by atoms with E-state index in [1.54, 1.807) is 4.90 Å². The number of nitrogens with zero attached hydrogens (tertiary/aromatic N) is 2. The minimum absolute atomic E-state index is 0.0457. The highest BCUT2D eigenvalue weighted by Crippen LogP contribution is 2.31. The van der Waals surface area contributed by atoms with Gasteiger partial charge in [-0.05, 0) is 18.8 Å². The van der Waals surface area contributed by atoms with Crippen molar-refractivity contribution in [1.82, 2.24) is 15.1 Å². The van der Waals surface area contributed by atoms with Gasteiger partial charge in [-0.1, -0.05) is 26.2 Å². The molecule has 110 valence electrons. The largest absolute Gasteiger partial charge is 0.347 e. The summed E-state index contributed by atoms with van der Waals surface area (Å²) >= 11 is 0. The van der Waals surface area contributed by atoms with Gasteiger partial charge in [0.05, 0.1) is 0 Å². The summed E-state index contributed by atoms with van der Waals surface area (Å²) in [5, 5.41) is 3.38. The summed E-state index contributed by atoms with van der Waals surface area (Å²) in [6.45, 7) is 5.15. The van der Waals surface area contributed by atoms with Crippen LogP contribution in [0.25, 0.3) is 0 Å². The molecule has 0 aromatic rings. The first kappa shape index (κ1) is 14.8. The molecule has 2 aliphatic rings. The Morgan fingerprint density at radius 3 is 2.84 bits per heavy atom. The average Bonchev–Trinajstić information content (AvgIpc) is 2.46. The lowest BCUT2D eigenvalue weighted by Gasteiger charge is -2.44. The van der Waals surface area contributed by atoms with Gasteiger partial charge < -0.3 is 10.2 Å². The van der Waals surface area contributed by atoms with Crippen LogP contribution in [0, 0.1) is 5.92 Å². The number of nitrogens with one attached hydrogen (secondary N) is 1. The zero-order valence-corrected chi connectivity index (χ0v) is 12.7. The molecule has 0 aromatic carbocycles. The summed E-state index contributed by atoms with van der Waals surface area (Å²) < 4.78 is 0. The van der Waals surface area contributed by atoms with Crippen LogP contribution in [0.2, 0.25) is 0 Å². The highest BCUT2D eigenvalue weighted by molar-refractivity contribution is 5.81. The summed E-state index contributed by atoms with van der Waals surface area (Å²) in [5.41, 5.74) is 0. The predicted octanol–water partition coefficient (Wildman–Crippen LogP) is 1.32. The standard InChI is InChI=1S/C15H29N3O/c1-4-12-6-5-7-13(10-12)18-9-8-16-11-14(18)15(19)17(2)3/h12-14,16H,4-11H2,1-3H3. The predicted molar refractivity (Wildman–Crippen MR) is 78.1 cm³/mol. The Kier molecular flexibility index (Phi) is 5.22. The van der Waals surface area contributed by atoms with Crippen molar-refractivity contribution in [3.05, 3.63) is 0 Å². The van der Waals surface area contributed by atoms with Crippen LogP contribution in [0.15, 0.2) is 0 Å². The second-order valence-electron chi connectivity index (χ2n) is 6.29. The van der Waals surface area contributed by atoms with Crippen molar-refractivity contribution in [2.24, 2.45) is 5.92 Å². The SMILES string of the molecule is CCC1CCCC(N2CCNCC2C(=O)N(C)C)C1. The minimum Gasteiger partial charge on any atom is -0.347 e. The molecular formula is C15H29N3O. The van der Waals surface area contributed by atoms with E-state index in [9.17, 15) is 4.79 Å². The molecule has 1 saturated heterocycles. The van der Waals surface area contributed by atoms with Crippen molar-refractivity contribution in [3.63, 3.8) is 0 Å². The van der Waals surface area contributed by atoms with Gasteiger partial charge in [0.15, 0.2) is 0 Å². The third-order valence-electron chi connectivity index (χ3n) is 4.81. The molecule has 1 N–H and O–H groups in total. The number of amides is 1. The van der Waals surface area contributed by atoms with Crippen LogP contribution in [0.3, 0.4) is 0 Å². The van der Waals surface area contributed by atoms with Crippen LogP contribution in [-0.2, 0) is 4.79 Å². The molecule has 2 fully saturated rings. The van der Waals surface area contributed by atoms with Gasteiger partial charge in [-0.2, -0.15) is 0 Å². The van der Waals surface area contributed by atoms with Crippen molar-refractivity contribution >= 4 is 5.91 Å². The molecule has 19 heavy (non-hydrogen) atoms. The van der Waals surface area contributed by atoms with Crippen LogP contribution in [0.1, 0.15) is 39.0 Å². The fourth-order valence-corrected chi connectivity index (χ4v) is 3.62. The van der Waals surface area contributed by atoms with E-state index < -0.39 is 0 Å². The lowest BCUT2D eigenvalue weighted by Crippen LogP contribution is -2.61. The van der Waals surface area contributed by atoms with E-state index in [1.165, 1.54) is 32.1 Å². The second-order valence-corrected chi connectivity index (χ2v) is 6.29. The molecule has 1 aliphatic carbocycles. The molecule has 0 bridgehead atoms. The molecule has 1 heterocycles. The van der Waals surface area contributed by atoms with E-state index in [2.05, 4.69) is 17.1 Å². The highest BCUT2D eigenvalue weighted by atomic mass is 16.2. The van der Waals surface area contributed by atoms with Crippen LogP contribution in [0.4, 0.5) is 0 Å². The highest BCUT2D eigenvalue weighted by Gasteiger charge is 2.36. The van der Waals surface area contributed by atoms with E-state index in [4.69, 9.17) is 0 Å². The average molecular weight is 267 g/mol. The number of rotatable bonds is 3. The quantitative estimate of drug-likeness (QED) is 0.837. The van der Waals surface area contributed by atoms with Crippen LogP contribution in [-0.4, -0.2) is 61.5 Å². The second kappa shape index (κ2) is 6.71. The van der Waals surface area contributed by atoms with Crippen LogP contribution >= 0.6 is 0 Å². The minimum atomic E-state index is 0.0457. The van der Waals surface area contributed by atoms with Crippen LogP contribution < -0.4 is 5.32 Å². The fraction of sp³-hybridized carbons (Fsp3) is 0.933. The summed E-state index contributed by atoms with van der Waals surface area (Å²) in [4.78, 5) is 16.6. The maximum absolute atomic E-state index is 12.3. The Morgan fingerprint density at radius 1 is 1.37 bits per heavy atom. The maximum Gasteiger partial charge on any atom is 0.240 e. The molecule has 1 amide bonds. The van der Waals surface area contributed by atoms with Gasteiger partial charge in [0.1, 0.15) is 6.04 Å². The van der Waals surface area contributed by atoms with Gasteiger partial charge in [-0.25, -0.2) is 0 Å². The molecule has 1 aliphatic heterocycles. The number of carbonyl (C=O) groups is 1. The molecule has 2 rings (SSSR count). The molecule has 3 unspecified atom stereocenters. The third-order valence-corrected chi connectivity index (χ3v) is 4.81. The fourth-order valence-electron chi connectivity index (χ4n) is 3.62. The lowest BCUT2D eigenvalue weighted by atomic mass is 9.82. The van der Waals surface area contributed by atoms with Gasteiger partial charge in [0, 0.05) is 39.8 Å². The van der Waals surface area contributed by atoms with Crippen LogP contribution in [0.5, 0.6) is 0 Å². The molecule has 1 saturated carbocycles. The number of likely N-dealkylation sites (N-methyl/N-ethyl adjacent to an activating group) is 1. The van der Waals surface area contributed by atoms with Gasteiger partial charge in [0.25, 0.3) is 0 Å². The van der Waals surface area contributed by atoms with E-state index in [0.29, 0.717) is 6.04 Å². The molecule has 0 radical (unpaired) electrons. The molecule has 4 heteroatoms. The topological polar surface area (TPSA) is 35.6 Å². The summed E-state index contributed by atoms with van der Waals surface area (Å²) in [6.07, 6.45) is 6.55. The zero-order chi connectivity index (χ0) is 13.8. The van der Waals surface area contributed by atoms with Crippen molar-refractivity contribution < 1.29 is 4.79 Å². The van der Waals surface area contributed by atoms with Gasteiger partial charge in [0.2, 0.25) is 5.91 Å². The molecule has 0 aromatic heterocycles. The van der Waals surface area contributed by atoms with Crippen molar-refractivity contribution in [1.29, 1.82) is 0 Å². The molecule has 0 spiro atoms. The first-order chi connectivity index (χ1) is 9.13.